The zero-order valence-corrected chi connectivity index (χ0v) is 10.5. The lowest BCUT2D eigenvalue weighted by molar-refractivity contribution is -0.116. The van der Waals surface area contributed by atoms with Gasteiger partial charge < -0.3 is 10.1 Å². The fourth-order valence-corrected chi connectivity index (χ4v) is 1.59. The number of alkyl halides is 2. The Morgan fingerprint density at radius 2 is 2.10 bits per heavy atom. The molecule has 0 bridgehead atoms. The number of rotatable bonds is 6. The minimum atomic E-state index is -2.86. The first-order valence-electron chi connectivity index (χ1n) is 5.95. The highest BCUT2D eigenvalue weighted by Crippen LogP contribution is 2.17. The number of halogens is 2. The summed E-state index contributed by atoms with van der Waals surface area (Å²) in [5, 5.41) is 6.65. The first-order valence-corrected chi connectivity index (χ1v) is 5.95. The molecule has 0 aliphatic heterocycles. The Hall–Kier alpha value is -2.44. The second kappa shape index (κ2) is 6.65. The van der Waals surface area contributed by atoms with Crippen LogP contribution in [0, 0.1) is 0 Å². The molecular formula is C13H13F2N3O2. The number of ether oxygens (including phenoxy) is 1. The van der Waals surface area contributed by atoms with Gasteiger partial charge in [-0.3, -0.25) is 9.48 Å². The van der Waals surface area contributed by atoms with Crippen LogP contribution < -0.4 is 10.1 Å². The smallest absolute Gasteiger partial charge is 0.387 e. The maximum absolute atomic E-state index is 12.0. The summed E-state index contributed by atoms with van der Waals surface area (Å²) in [6, 6.07) is 7.53. The predicted octanol–water partition coefficient (Wildman–Crippen LogP) is 2.51. The van der Waals surface area contributed by atoms with Gasteiger partial charge in [-0.1, -0.05) is 0 Å². The van der Waals surface area contributed by atoms with Crippen LogP contribution in [0.5, 0.6) is 5.75 Å². The van der Waals surface area contributed by atoms with Crippen molar-refractivity contribution in [3.8, 4) is 5.75 Å². The van der Waals surface area contributed by atoms with E-state index in [1.54, 1.807) is 23.1 Å². The molecule has 20 heavy (non-hydrogen) atoms. The molecule has 0 fully saturated rings. The maximum Gasteiger partial charge on any atom is 0.387 e. The van der Waals surface area contributed by atoms with E-state index < -0.39 is 6.61 Å². The Bertz CT molecular complexity index is 541. The topological polar surface area (TPSA) is 56.2 Å². The van der Waals surface area contributed by atoms with Crippen LogP contribution in [0.15, 0.2) is 42.7 Å². The summed E-state index contributed by atoms with van der Waals surface area (Å²) < 4.78 is 29.8. The summed E-state index contributed by atoms with van der Waals surface area (Å²) in [5.41, 5.74) is 0.525. The molecule has 2 aromatic rings. The van der Waals surface area contributed by atoms with Crippen LogP contribution in [-0.4, -0.2) is 22.3 Å². The molecule has 0 saturated carbocycles. The van der Waals surface area contributed by atoms with Gasteiger partial charge in [-0.25, -0.2) is 0 Å². The molecule has 106 valence electrons. The van der Waals surface area contributed by atoms with Crippen molar-refractivity contribution in [3.05, 3.63) is 42.7 Å². The number of hydrogen-bond acceptors (Lipinski definition) is 3. The summed E-state index contributed by atoms with van der Waals surface area (Å²) in [6.45, 7) is -2.38. The largest absolute Gasteiger partial charge is 0.435 e. The second-order valence-electron chi connectivity index (χ2n) is 3.97. The monoisotopic (exact) mass is 281 g/mol. The SMILES string of the molecule is O=C(CCn1cccn1)Nc1ccc(OC(F)F)cc1. The molecule has 5 nitrogen and oxygen atoms in total. The minimum Gasteiger partial charge on any atom is -0.435 e. The quantitative estimate of drug-likeness (QED) is 0.885. The van der Waals surface area contributed by atoms with E-state index in [0.29, 0.717) is 12.2 Å². The number of hydrogen-bond donors (Lipinski definition) is 1. The third-order valence-electron chi connectivity index (χ3n) is 2.49. The predicted molar refractivity (Wildman–Crippen MR) is 68.5 cm³/mol. The number of carbonyl (C=O) groups excluding carboxylic acids is 1. The van der Waals surface area contributed by atoms with Crippen molar-refractivity contribution in [1.29, 1.82) is 0 Å². The average Bonchev–Trinajstić information content (AvgIpc) is 2.91. The molecule has 0 aliphatic rings. The van der Waals surface area contributed by atoms with Crippen molar-refractivity contribution < 1.29 is 18.3 Å². The molecule has 0 unspecified atom stereocenters. The molecule has 1 aromatic heterocycles. The van der Waals surface area contributed by atoms with Gasteiger partial charge in [0, 0.05) is 31.0 Å². The third-order valence-corrected chi connectivity index (χ3v) is 2.49. The third kappa shape index (κ3) is 4.34. The van der Waals surface area contributed by atoms with Crippen molar-refractivity contribution in [3.63, 3.8) is 0 Å². The molecule has 0 spiro atoms. The van der Waals surface area contributed by atoms with Crippen LogP contribution in [0.2, 0.25) is 0 Å². The van der Waals surface area contributed by atoms with Gasteiger partial charge in [-0.05, 0) is 30.3 Å². The van der Waals surface area contributed by atoms with Gasteiger partial charge in [0.2, 0.25) is 5.91 Å². The summed E-state index contributed by atoms with van der Waals surface area (Å²) in [4.78, 5) is 11.7. The Morgan fingerprint density at radius 3 is 2.70 bits per heavy atom. The van der Waals surface area contributed by atoms with Crippen molar-refractivity contribution >= 4 is 11.6 Å². The van der Waals surface area contributed by atoms with Crippen LogP contribution in [0.25, 0.3) is 0 Å². The first kappa shape index (κ1) is 14.0. The Morgan fingerprint density at radius 1 is 1.35 bits per heavy atom. The zero-order chi connectivity index (χ0) is 14.4. The molecule has 1 heterocycles. The van der Waals surface area contributed by atoms with E-state index in [-0.39, 0.29) is 18.1 Å². The van der Waals surface area contributed by atoms with E-state index >= 15 is 0 Å². The molecule has 0 atom stereocenters. The number of aryl methyl sites for hydroxylation is 1. The van der Waals surface area contributed by atoms with Gasteiger partial charge in [0.05, 0.1) is 0 Å². The van der Waals surface area contributed by atoms with Gasteiger partial charge in [0.25, 0.3) is 0 Å². The Balaban J connectivity index is 1.81. The van der Waals surface area contributed by atoms with E-state index in [2.05, 4.69) is 15.2 Å². The van der Waals surface area contributed by atoms with Crippen molar-refractivity contribution in [2.75, 3.05) is 5.32 Å². The fourth-order valence-electron chi connectivity index (χ4n) is 1.59. The van der Waals surface area contributed by atoms with E-state index in [0.717, 1.165) is 0 Å². The van der Waals surface area contributed by atoms with Crippen LogP contribution in [-0.2, 0) is 11.3 Å². The van der Waals surface area contributed by atoms with E-state index in [9.17, 15) is 13.6 Å². The Labute approximate surface area is 114 Å². The van der Waals surface area contributed by atoms with Crippen LogP contribution in [0.1, 0.15) is 6.42 Å². The minimum absolute atomic E-state index is 0.0505. The molecule has 1 amide bonds. The molecule has 2 rings (SSSR count). The molecule has 0 aliphatic carbocycles. The van der Waals surface area contributed by atoms with Gasteiger partial charge in [0.15, 0.2) is 0 Å². The normalized spacial score (nSPS) is 10.6. The Kier molecular flexibility index (Phi) is 4.65. The highest BCUT2D eigenvalue weighted by atomic mass is 19.3. The van der Waals surface area contributed by atoms with E-state index in [1.165, 1.54) is 24.3 Å². The number of amides is 1. The summed E-state index contributed by atoms with van der Waals surface area (Å²) >= 11 is 0. The lowest BCUT2D eigenvalue weighted by atomic mass is 10.3. The molecule has 1 aromatic carbocycles. The number of nitrogens with zero attached hydrogens (tertiary/aromatic N) is 2. The van der Waals surface area contributed by atoms with Crippen molar-refractivity contribution in [2.24, 2.45) is 0 Å². The second-order valence-corrected chi connectivity index (χ2v) is 3.97. The van der Waals surface area contributed by atoms with Gasteiger partial charge >= 0.3 is 6.61 Å². The summed E-state index contributed by atoms with van der Waals surface area (Å²) in [5.74, 6) is -0.127. The first-order chi connectivity index (χ1) is 9.63. The highest BCUT2D eigenvalue weighted by Gasteiger charge is 2.06. The molecular weight excluding hydrogens is 268 g/mol. The fraction of sp³-hybridized carbons (Fsp3) is 0.231. The summed E-state index contributed by atoms with van der Waals surface area (Å²) in [7, 11) is 0. The number of carbonyl (C=O) groups is 1. The summed E-state index contributed by atoms with van der Waals surface area (Å²) in [6.07, 6.45) is 3.68. The number of benzene rings is 1. The average molecular weight is 281 g/mol. The lowest BCUT2D eigenvalue weighted by Crippen LogP contribution is -2.14. The van der Waals surface area contributed by atoms with Crippen molar-refractivity contribution in [2.45, 2.75) is 19.6 Å². The molecule has 0 radical (unpaired) electrons. The maximum atomic E-state index is 12.0. The number of aromatic nitrogens is 2. The van der Waals surface area contributed by atoms with Gasteiger partial charge in [-0.15, -0.1) is 0 Å². The van der Waals surface area contributed by atoms with Crippen LogP contribution in [0.4, 0.5) is 14.5 Å². The molecule has 1 N–H and O–H groups in total. The van der Waals surface area contributed by atoms with Crippen LogP contribution >= 0.6 is 0 Å². The zero-order valence-electron chi connectivity index (χ0n) is 10.5. The standard InChI is InChI=1S/C13H13F2N3O2/c14-13(15)20-11-4-2-10(3-5-11)17-12(19)6-9-18-8-1-7-16-18/h1-5,7-8,13H,6,9H2,(H,17,19). The van der Waals surface area contributed by atoms with E-state index in [1.807, 2.05) is 0 Å². The van der Waals surface area contributed by atoms with Gasteiger partial charge in [0.1, 0.15) is 5.75 Å². The van der Waals surface area contributed by atoms with Gasteiger partial charge in [-0.2, -0.15) is 13.9 Å². The molecule has 0 saturated heterocycles. The number of nitrogens with one attached hydrogen (secondary N) is 1. The number of anilines is 1. The molecule has 7 heteroatoms. The lowest BCUT2D eigenvalue weighted by Gasteiger charge is -2.07. The highest BCUT2D eigenvalue weighted by molar-refractivity contribution is 5.90. The van der Waals surface area contributed by atoms with Crippen LogP contribution in [0.3, 0.4) is 0 Å². The van der Waals surface area contributed by atoms with Crippen molar-refractivity contribution in [1.82, 2.24) is 9.78 Å². The van der Waals surface area contributed by atoms with E-state index in [4.69, 9.17) is 0 Å².